The monoisotopic (exact) mass is 609 g/mol. The van der Waals surface area contributed by atoms with Crippen molar-refractivity contribution >= 4 is 17.9 Å². The van der Waals surface area contributed by atoms with Crippen LogP contribution in [0.5, 0.6) is 0 Å². The van der Waals surface area contributed by atoms with Crippen LogP contribution >= 0.6 is 0 Å². The number of ether oxygens (including phenoxy) is 3. The summed E-state index contributed by atoms with van der Waals surface area (Å²) in [5.74, 6) is -0.0376. The second-order valence-electron chi connectivity index (χ2n) is 11.8. The molecule has 9 nitrogen and oxygen atoms in total. The van der Waals surface area contributed by atoms with Gasteiger partial charge in [0.1, 0.15) is 12.6 Å². The Morgan fingerprint density at radius 2 is 1.45 bits per heavy atom. The van der Waals surface area contributed by atoms with Crippen LogP contribution in [-0.4, -0.2) is 74.6 Å². The summed E-state index contributed by atoms with van der Waals surface area (Å²) in [7, 11) is 0. The van der Waals surface area contributed by atoms with E-state index in [2.05, 4.69) is 48.7 Å². The predicted molar refractivity (Wildman–Crippen MR) is 172 cm³/mol. The molecule has 2 atom stereocenters. The maximum Gasteiger partial charge on any atom is 0.407 e. The second-order valence-corrected chi connectivity index (χ2v) is 11.8. The number of alkyl carbamates (subject to hydrolysis) is 1. The third kappa shape index (κ3) is 10.1. The summed E-state index contributed by atoms with van der Waals surface area (Å²) >= 11 is 0. The van der Waals surface area contributed by atoms with E-state index in [0.29, 0.717) is 32.7 Å². The minimum absolute atomic E-state index is 0.0257. The van der Waals surface area contributed by atoms with Crippen molar-refractivity contribution in [1.29, 1.82) is 0 Å². The van der Waals surface area contributed by atoms with Crippen molar-refractivity contribution in [2.24, 2.45) is 11.8 Å². The molecule has 0 fully saturated rings. The van der Waals surface area contributed by atoms with Gasteiger partial charge in [-0.3, -0.25) is 9.59 Å². The lowest BCUT2D eigenvalue weighted by atomic mass is 9.98. The smallest absolute Gasteiger partial charge is 0.407 e. The predicted octanol–water partition coefficient (Wildman–Crippen LogP) is 5.72. The van der Waals surface area contributed by atoms with Gasteiger partial charge in [0.15, 0.2) is 6.29 Å². The maximum absolute atomic E-state index is 13.8. The molecule has 0 radical (unpaired) electrons. The molecule has 0 aliphatic heterocycles. The van der Waals surface area contributed by atoms with Gasteiger partial charge in [0.05, 0.1) is 6.54 Å². The standard InChI is InChI=1S/C35H51N3O6/c1-7-25(6)21-38(22-33(42-8-2)43-9-3)34(40)31(20-24(4)5)37-32(39)18-19-36-35(41)44-23-30-28-16-12-10-14-26(28)27-15-11-13-17-29(27)30/h10-17,24-25,30-31,33H,7-9,18-23H2,1-6H3,(H,36,41)(H,37,39). The van der Waals surface area contributed by atoms with Crippen molar-refractivity contribution in [2.75, 3.05) is 39.5 Å². The van der Waals surface area contributed by atoms with Crippen molar-refractivity contribution in [3.63, 3.8) is 0 Å². The number of rotatable bonds is 18. The molecule has 0 saturated carbocycles. The molecule has 1 aliphatic carbocycles. The van der Waals surface area contributed by atoms with Crippen LogP contribution in [0.25, 0.3) is 11.1 Å². The molecule has 0 heterocycles. The Kier molecular flexibility index (Phi) is 14.1. The van der Waals surface area contributed by atoms with Crippen LogP contribution in [0.3, 0.4) is 0 Å². The molecule has 242 valence electrons. The molecule has 3 amide bonds. The Morgan fingerprint density at radius 1 is 0.864 bits per heavy atom. The van der Waals surface area contributed by atoms with E-state index in [1.165, 1.54) is 0 Å². The first kappa shape index (κ1) is 35.1. The lowest BCUT2D eigenvalue weighted by molar-refractivity contribution is -0.161. The van der Waals surface area contributed by atoms with Crippen LogP contribution in [0, 0.1) is 11.8 Å². The average Bonchev–Trinajstić information content (AvgIpc) is 3.32. The van der Waals surface area contributed by atoms with E-state index in [4.69, 9.17) is 14.2 Å². The molecule has 0 saturated heterocycles. The minimum Gasteiger partial charge on any atom is -0.449 e. The average molecular weight is 610 g/mol. The highest BCUT2D eigenvalue weighted by molar-refractivity contribution is 5.88. The zero-order valence-corrected chi connectivity index (χ0v) is 27.3. The summed E-state index contributed by atoms with van der Waals surface area (Å²) in [6.45, 7) is 14.1. The molecule has 9 heteroatoms. The molecule has 2 unspecified atom stereocenters. The van der Waals surface area contributed by atoms with E-state index in [1.54, 1.807) is 4.90 Å². The Hall–Kier alpha value is -3.43. The Bertz CT molecular complexity index is 1170. The van der Waals surface area contributed by atoms with Gasteiger partial charge in [-0.25, -0.2) is 4.79 Å². The lowest BCUT2D eigenvalue weighted by Gasteiger charge is -2.33. The van der Waals surface area contributed by atoms with E-state index in [0.717, 1.165) is 28.7 Å². The summed E-state index contributed by atoms with van der Waals surface area (Å²) in [4.78, 5) is 41.1. The fraction of sp³-hybridized carbons (Fsp3) is 0.571. The molecular weight excluding hydrogens is 558 g/mol. The van der Waals surface area contributed by atoms with Crippen LogP contribution in [0.15, 0.2) is 48.5 Å². The summed E-state index contributed by atoms with van der Waals surface area (Å²) in [5.41, 5.74) is 4.59. The van der Waals surface area contributed by atoms with E-state index in [9.17, 15) is 14.4 Å². The molecule has 2 N–H and O–H groups in total. The fourth-order valence-corrected chi connectivity index (χ4v) is 5.57. The molecule has 2 aromatic rings. The zero-order valence-electron chi connectivity index (χ0n) is 27.3. The van der Waals surface area contributed by atoms with Crippen LogP contribution in [0.1, 0.15) is 77.8 Å². The van der Waals surface area contributed by atoms with Gasteiger partial charge in [0.25, 0.3) is 0 Å². The largest absolute Gasteiger partial charge is 0.449 e. The molecule has 44 heavy (non-hydrogen) atoms. The van der Waals surface area contributed by atoms with Crippen LogP contribution in [-0.2, 0) is 23.8 Å². The summed E-state index contributed by atoms with van der Waals surface area (Å²) < 4.78 is 17.0. The van der Waals surface area contributed by atoms with E-state index >= 15 is 0 Å². The third-order valence-electron chi connectivity index (χ3n) is 7.92. The molecular formula is C35H51N3O6. The third-order valence-corrected chi connectivity index (χ3v) is 7.92. The van der Waals surface area contributed by atoms with Crippen molar-refractivity contribution in [3.8, 4) is 11.1 Å². The number of benzene rings is 2. The van der Waals surface area contributed by atoms with E-state index in [-0.39, 0.29) is 49.1 Å². The molecule has 0 aromatic heterocycles. The highest BCUT2D eigenvalue weighted by Gasteiger charge is 2.31. The van der Waals surface area contributed by atoms with Crippen LogP contribution in [0.4, 0.5) is 4.79 Å². The first-order valence-corrected chi connectivity index (χ1v) is 16.1. The first-order chi connectivity index (χ1) is 21.2. The van der Waals surface area contributed by atoms with Gasteiger partial charge in [0, 0.05) is 38.6 Å². The highest BCUT2D eigenvalue weighted by atomic mass is 16.7. The van der Waals surface area contributed by atoms with Crippen LogP contribution < -0.4 is 10.6 Å². The van der Waals surface area contributed by atoms with Crippen LogP contribution in [0.2, 0.25) is 0 Å². The molecule has 0 spiro atoms. The second kappa shape index (κ2) is 17.8. The van der Waals surface area contributed by atoms with Gasteiger partial charge in [0.2, 0.25) is 11.8 Å². The number of fused-ring (bicyclic) bond motifs is 3. The van der Waals surface area contributed by atoms with Gasteiger partial charge < -0.3 is 29.7 Å². The number of nitrogens with zero attached hydrogens (tertiary/aromatic N) is 1. The Morgan fingerprint density at radius 3 is 2.00 bits per heavy atom. The SMILES string of the molecule is CCOC(CN(CC(C)CC)C(=O)C(CC(C)C)NC(=O)CCNC(=O)OCC1c2ccccc2-c2ccccc21)OCC. The quantitative estimate of drug-likeness (QED) is 0.210. The number of carbonyl (C=O) groups excluding carboxylic acids is 3. The number of nitrogens with one attached hydrogen (secondary N) is 2. The molecule has 2 aromatic carbocycles. The number of hydrogen-bond acceptors (Lipinski definition) is 6. The first-order valence-electron chi connectivity index (χ1n) is 16.1. The lowest BCUT2D eigenvalue weighted by Crippen LogP contribution is -2.52. The molecule has 3 rings (SSSR count). The van der Waals surface area contributed by atoms with Crippen molar-refractivity contribution in [2.45, 2.75) is 79.1 Å². The van der Waals surface area contributed by atoms with Gasteiger partial charge in [-0.1, -0.05) is 82.6 Å². The number of carbonyl (C=O) groups is 3. The van der Waals surface area contributed by atoms with Gasteiger partial charge in [-0.15, -0.1) is 0 Å². The normalized spacial score (nSPS) is 13.7. The molecule has 1 aliphatic rings. The Labute approximate surface area is 263 Å². The summed E-state index contributed by atoms with van der Waals surface area (Å²) in [6.07, 6.45) is 0.329. The van der Waals surface area contributed by atoms with Crippen molar-refractivity contribution < 1.29 is 28.6 Å². The number of hydrogen-bond donors (Lipinski definition) is 2. The van der Waals surface area contributed by atoms with Gasteiger partial charge >= 0.3 is 6.09 Å². The molecule has 0 bridgehead atoms. The number of amides is 3. The topological polar surface area (TPSA) is 106 Å². The highest BCUT2D eigenvalue weighted by Crippen LogP contribution is 2.44. The summed E-state index contributed by atoms with van der Waals surface area (Å²) in [6, 6.07) is 15.6. The fourth-order valence-electron chi connectivity index (χ4n) is 5.57. The van der Waals surface area contributed by atoms with Crippen molar-refractivity contribution in [1.82, 2.24) is 15.5 Å². The minimum atomic E-state index is -0.690. The van der Waals surface area contributed by atoms with Gasteiger partial charge in [-0.05, 0) is 54.4 Å². The van der Waals surface area contributed by atoms with Gasteiger partial charge in [-0.2, -0.15) is 0 Å². The van der Waals surface area contributed by atoms with E-state index < -0.39 is 18.4 Å². The Balaban J connectivity index is 1.54. The summed E-state index contributed by atoms with van der Waals surface area (Å²) in [5, 5.41) is 5.61. The van der Waals surface area contributed by atoms with E-state index in [1.807, 2.05) is 52.0 Å². The zero-order chi connectivity index (χ0) is 32.1. The van der Waals surface area contributed by atoms with Crippen molar-refractivity contribution in [3.05, 3.63) is 59.7 Å². The maximum atomic E-state index is 13.8.